The molecule has 1 aromatic rings. The number of dihydropyridines is 1. The maximum atomic E-state index is 14.0. The van der Waals surface area contributed by atoms with E-state index in [1.807, 2.05) is 6.07 Å². The Morgan fingerprint density at radius 2 is 2.09 bits per heavy atom. The van der Waals surface area contributed by atoms with Crippen molar-refractivity contribution in [3.8, 4) is 6.07 Å². The van der Waals surface area contributed by atoms with Crippen molar-refractivity contribution in [3.63, 3.8) is 0 Å². The van der Waals surface area contributed by atoms with Gasteiger partial charge in [0.2, 0.25) is 0 Å². The first-order chi connectivity index (χ1) is 10.5. The minimum Gasteiger partial charge on any atom is -0.396 e. The number of carbonyl (C=O) groups is 1. The summed E-state index contributed by atoms with van der Waals surface area (Å²) in [5, 5.41) is 9.15. The maximum Gasteiger partial charge on any atom is 0.178 e. The van der Waals surface area contributed by atoms with Crippen molar-refractivity contribution in [1.29, 1.82) is 5.26 Å². The first-order valence-corrected chi connectivity index (χ1v) is 6.49. The van der Waals surface area contributed by atoms with Crippen LogP contribution in [-0.2, 0) is 0 Å². The number of rotatable bonds is 2. The van der Waals surface area contributed by atoms with E-state index in [2.05, 4.69) is 9.98 Å². The lowest BCUT2D eigenvalue weighted by molar-refractivity contribution is 0.0926. The van der Waals surface area contributed by atoms with E-state index in [0.29, 0.717) is 5.57 Å². The van der Waals surface area contributed by atoms with Gasteiger partial charge in [0.25, 0.3) is 0 Å². The van der Waals surface area contributed by atoms with Crippen LogP contribution in [0, 0.1) is 34.8 Å². The molecule has 5 nitrogen and oxygen atoms in total. The molecule has 3 rings (SSSR count). The van der Waals surface area contributed by atoms with Gasteiger partial charge in [-0.25, -0.2) is 8.78 Å². The Morgan fingerprint density at radius 3 is 2.82 bits per heavy atom. The minimum absolute atomic E-state index is 0.306. The van der Waals surface area contributed by atoms with Crippen LogP contribution in [0.5, 0.6) is 0 Å². The third-order valence-corrected chi connectivity index (χ3v) is 3.76. The first-order valence-electron chi connectivity index (χ1n) is 6.49. The number of nitrogens with two attached hydrogens (primary N) is 1. The van der Waals surface area contributed by atoms with Crippen LogP contribution in [0.2, 0.25) is 0 Å². The molecule has 110 valence electrons. The van der Waals surface area contributed by atoms with Gasteiger partial charge in [0.1, 0.15) is 12.0 Å². The van der Waals surface area contributed by atoms with Crippen molar-refractivity contribution in [1.82, 2.24) is 0 Å². The molecule has 0 bridgehead atoms. The topological polar surface area (TPSA) is 91.6 Å². The molecule has 0 aromatic heterocycles. The Bertz CT molecular complexity index is 791. The fourth-order valence-electron chi connectivity index (χ4n) is 2.66. The number of halogens is 2. The normalized spacial score (nSPS) is 25.5. The molecule has 3 unspecified atom stereocenters. The number of allylic oxidation sites excluding steroid dienone is 1. The highest BCUT2D eigenvalue weighted by atomic mass is 19.1. The molecule has 0 fully saturated rings. The molecule has 0 spiro atoms. The predicted molar refractivity (Wildman–Crippen MR) is 76.5 cm³/mol. The second kappa shape index (κ2) is 5.15. The zero-order valence-corrected chi connectivity index (χ0v) is 11.2. The van der Waals surface area contributed by atoms with E-state index in [-0.39, 0.29) is 5.69 Å². The number of ketones is 1. The number of hydrogen-bond donors (Lipinski definition) is 1. The summed E-state index contributed by atoms with van der Waals surface area (Å²) in [4.78, 5) is 20.7. The molecule has 2 heterocycles. The Hall–Kier alpha value is -2.88. The van der Waals surface area contributed by atoms with Crippen molar-refractivity contribution < 1.29 is 13.6 Å². The van der Waals surface area contributed by atoms with Crippen molar-refractivity contribution in [2.24, 2.45) is 21.8 Å². The van der Waals surface area contributed by atoms with Gasteiger partial charge in [0.05, 0.1) is 29.2 Å². The molecule has 22 heavy (non-hydrogen) atoms. The first kappa shape index (κ1) is 14.1. The van der Waals surface area contributed by atoms with Gasteiger partial charge in [-0.05, 0) is 18.2 Å². The van der Waals surface area contributed by atoms with E-state index < -0.39 is 41.0 Å². The minimum atomic E-state index is -1.09. The monoisotopic (exact) mass is 300 g/mol. The zero-order chi connectivity index (χ0) is 15.9. The van der Waals surface area contributed by atoms with E-state index in [1.165, 1.54) is 18.5 Å². The summed E-state index contributed by atoms with van der Waals surface area (Å²) < 4.78 is 27.9. The average molecular weight is 300 g/mol. The SMILES string of the molecule is N#CC1=CC=NC2N=CC(C(=O)c3c(F)ccc(N)c3F)C12. The molecule has 2 aliphatic heterocycles. The summed E-state index contributed by atoms with van der Waals surface area (Å²) in [5.41, 5.74) is 4.69. The van der Waals surface area contributed by atoms with Crippen LogP contribution in [0.25, 0.3) is 0 Å². The second-order valence-corrected chi connectivity index (χ2v) is 4.99. The summed E-state index contributed by atoms with van der Waals surface area (Å²) in [6, 6.07) is 3.97. The van der Waals surface area contributed by atoms with Gasteiger partial charge in [0, 0.05) is 18.0 Å². The Balaban J connectivity index is 2.03. The van der Waals surface area contributed by atoms with E-state index >= 15 is 0 Å². The predicted octanol–water partition coefficient (Wildman–Crippen LogP) is 1.91. The number of anilines is 1. The van der Waals surface area contributed by atoms with Crippen LogP contribution in [0.15, 0.2) is 33.8 Å². The lowest BCUT2D eigenvalue weighted by atomic mass is 9.81. The van der Waals surface area contributed by atoms with Gasteiger partial charge < -0.3 is 5.73 Å². The number of fused-ring (bicyclic) bond motifs is 1. The summed E-state index contributed by atoms with van der Waals surface area (Å²) >= 11 is 0. The largest absolute Gasteiger partial charge is 0.396 e. The molecule has 2 N–H and O–H groups in total. The van der Waals surface area contributed by atoms with Gasteiger partial charge >= 0.3 is 0 Å². The second-order valence-electron chi connectivity index (χ2n) is 4.99. The number of nitriles is 1. The number of hydrogen-bond acceptors (Lipinski definition) is 5. The van der Waals surface area contributed by atoms with Gasteiger partial charge in [0.15, 0.2) is 11.6 Å². The molecule has 0 amide bonds. The van der Waals surface area contributed by atoms with Crippen molar-refractivity contribution >= 4 is 23.9 Å². The molecule has 0 saturated heterocycles. The lowest BCUT2D eigenvalue weighted by Gasteiger charge is -2.22. The Kier molecular flexibility index (Phi) is 3.29. The maximum absolute atomic E-state index is 14.0. The summed E-state index contributed by atoms with van der Waals surface area (Å²) in [5.74, 6) is -4.46. The summed E-state index contributed by atoms with van der Waals surface area (Å²) in [6.07, 6.45) is 3.60. The Morgan fingerprint density at radius 1 is 1.32 bits per heavy atom. The lowest BCUT2D eigenvalue weighted by Crippen LogP contribution is -2.30. The number of carbonyl (C=O) groups excluding carboxylic acids is 1. The fourth-order valence-corrected chi connectivity index (χ4v) is 2.66. The number of nitrogens with zero attached hydrogens (tertiary/aromatic N) is 3. The van der Waals surface area contributed by atoms with Crippen LogP contribution < -0.4 is 5.73 Å². The van der Waals surface area contributed by atoms with Gasteiger partial charge in [-0.2, -0.15) is 5.26 Å². The van der Waals surface area contributed by atoms with Crippen LogP contribution in [-0.4, -0.2) is 24.4 Å². The fraction of sp³-hybridized carbons (Fsp3) is 0.200. The average Bonchev–Trinajstić information content (AvgIpc) is 2.95. The smallest absolute Gasteiger partial charge is 0.178 e. The van der Waals surface area contributed by atoms with E-state index in [1.54, 1.807) is 0 Å². The molecule has 0 aliphatic carbocycles. The molecular weight excluding hydrogens is 290 g/mol. The van der Waals surface area contributed by atoms with E-state index in [9.17, 15) is 13.6 Å². The molecule has 3 atom stereocenters. The number of aliphatic imine (C=N–C) groups is 2. The third kappa shape index (κ3) is 2.00. The van der Waals surface area contributed by atoms with Crippen molar-refractivity contribution in [2.45, 2.75) is 6.17 Å². The van der Waals surface area contributed by atoms with Crippen LogP contribution in [0.3, 0.4) is 0 Å². The number of nitrogen functional groups attached to an aromatic ring is 1. The quantitative estimate of drug-likeness (QED) is 0.668. The Labute approximate surface area is 124 Å². The van der Waals surface area contributed by atoms with E-state index in [4.69, 9.17) is 11.0 Å². The molecule has 1 aromatic carbocycles. The standard InChI is InChI=1S/C15H10F2N4O/c16-9-1-2-10(19)13(17)12(9)14(22)8-6-21-15-11(8)7(5-18)3-4-20-15/h1-4,6,8,11,15H,19H2. The highest BCUT2D eigenvalue weighted by molar-refractivity contribution is 6.08. The summed E-state index contributed by atoms with van der Waals surface area (Å²) in [6.45, 7) is 0. The summed E-state index contributed by atoms with van der Waals surface area (Å²) in [7, 11) is 0. The number of benzene rings is 1. The highest BCUT2D eigenvalue weighted by Gasteiger charge is 2.42. The molecule has 2 aliphatic rings. The van der Waals surface area contributed by atoms with Gasteiger partial charge in [-0.15, -0.1) is 0 Å². The number of Topliss-reactive ketones (excluding diaryl/α,β-unsaturated/α-hetero) is 1. The molecule has 7 heteroatoms. The van der Waals surface area contributed by atoms with Crippen molar-refractivity contribution in [3.05, 3.63) is 41.0 Å². The van der Waals surface area contributed by atoms with Gasteiger partial charge in [-0.1, -0.05) is 0 Å². The van der Waals surface area contributed by atoms with Crippen LogP contribution in [0.1, 0.15) is 10.4 Å². The zero-order valence-electron chi connectivity index (χ0n) is 11.2. The highest BCUT2D eigenvalue weighted by Crippen LogP contribution is 2.36. The van der Waals surface area contributed by atoms with E-state index in [0.717, 1.165) is 12.1 Å². The molecular formula is C15H10F2N4O. The van der Waals surface area contributed by atoms with Crippen LogP contribution in [0.4, 0.5) is 14.5 Å². The van der Waals surface area contributed by atoms with Crippen molar-refractivity contribution in [2.75, 3.05) is 5.73 Å². The molecule has 0 saturated carbocycles. The molecule has 0 radical (unpaired) electrons. The van der Waals surface area contributed by atoms with Crippen LogP contribution >= 0.6 is 0 Å². The third-order valence-electron chi connectivity index (χ3n) is 3.76. The van der Waals surface area contributed by atoms with Gasteiger partial charge in [-0.3, -0.25) is 14.8 Å².